The Labute approximate surface area is 180 Å². The van der Waals surface area contributed by atoms with E-state index >= 15 is 0 Å². The number of aryl methyl sites for hydroxylation is 1. The lowest BCUT2D eigenvalue weighted by Crippen LogP contribution is -2.44. The number of carbonyl (C=O) groups is 2. The molecule has 2 N–H and O–H groups in total. The average Bonchev–Trinajstić information content (AvgIpc) is 2.96. The molecule has 3 rings (SSSR count). The molecule has 0 saturated heterocycles. The average molecular weight is 435 g/mol. The van der Waals surface area contributed by atoms with Crippen LogP contribution in [0.25, 0.3) is 5.69 Å². The molecule has 1 fully saturated rings. The summed E-state index contributed by atoms with van der Waals surface area (Å²) in [6, 6.07) is 7.33. The Kier molecular flexibility index (Phi) is 6.98. The van der Waals surface area contributed by atoms with Crippen molar-refractivity contribution in [3.63, 3.8) is 0 Å². The normalized spacial score (nSPS) is 14.9. The number of nitrogens with one attached hydrogen (secondary N) is 2. The van der Waals surface area contributed by atoms with Crippen molar-refractivity contribution < 1.29 is 9.59 Å². The summed E-state index contributed by atoms with van der Waals surface area (Å²) in [5.41, 5.74) is 5.77. The molecule has 1 aliphatic carbocycles. The van der Waals surface area contributed by atoms with Crippen molar-refractivity contribution in [1.82, 2.24) is 15.3 Å². The molecule has 1 heterocycles. The van der Waals surface area contributed by atoms with Gasteiger partial charge < -0.3 is 9.88 Å². The van der Waals surface area contributed by atoms with E-state index < -0.39 is 11.8 Å². The SMILES string of the molecule is Cc1cc(/C=N/NC(=O)C(=O)NC2CCCCC2)c(C)n1-c1ccc(Cl)cc1Cl. The van der Waals surface area contributed by atoms with Gasteiger partial charge in [-0.1, -0.05) is 42.5 Å². The van der Waals surface area contributed by atoms with Crippen LogP contribution in [0.1, 0.15) is 49.1 Å². The Balaban J connectivity index is 1.66. The highest BCUT2D eigenvalue weighted by Crippen LogP contribution is 2.28. The quantitative estimate of drug-likeness (QED) is 0.427. The number of benzene rings is 1. The van der Waals surface area contributed by atoms with Crippen molar-refractivity contribution in [2.75, 3.05) is 0 Å². The lowest BCUT2D eigenvalue weighted by Gasteiger charge is -2.22. The number of hydrogen-bond donors (Lipinski definition) is 2. The number of carbonyl (C=O) groups excluding carboxylic acids is 2. The molecule has 0 atom stereocenters. The molecule has 1 aromatic heterocycles. The predicted octanol–water partition coefficient (Wildman–Crippen LogP) is 4.30. The molecule has 8 heteroatoms. The largest absolute Gasteiger partial charge is 0.345 e. The molecule has 0 aliphatic heterocycles. The van der Waals surface area contributed by atoms with Gasteiger partial charge in [0.05, 0.1) is 16.9 Å². The molecule has 29 heavy (non-hydrogen) atoms. The maximum atomic E-state index is 12.0. The third-order valence-corrected chi connectivity index (χ3v) is 5.68. The van der Waals surface area contributed by atoms with Crippen molar-refractivity contribution >= 4 is 41.2 Å². The summed E-state index contributed by atoms with van der Waals surface area (Å²) >= 11 is 12.3. The molecule has 0 spiro atoms. The minimum atomic E-state index is -0.763. The zero-order valence-corrected chi connectivity index (χ0v) is 18.0. The van der Waals surface area contributed by atoms with Crippen molar-refractivity contribution in [1.29, 1.82) is 0 Å². The minimum Gasteiger partial charge on any atom is -0.345 e. The first-order chi connectivity index (χ1) is 13.9. The van der Waals surface area contributed by atoms with Gasteiger partial charge in [-0.25, -0.2) is 5.43 Å². The molecule has 1 saturated carbocycles. The first-order valence-corrected chi connectivity index (χ1v) is 10.4. The summed E-state index contributed by atoms with van der Waals surface area (Å²) in [4.78, 5) is 24.0. The number of amides is 2. The molecule has 154 valence electrons. The van der Waals surface area contributed by atoms with Crippen molar-refractivity contribution in [2.24, 2.45) is 5.10 Å². The van der Waals surface area contributed by atoms with Gasteiger partial charge >= 0.3 is 11.8 Å². The smallest absolute Gasteiger partial charge is 0.329 e. The van der Waals surface area contributed by atoms with E-state index in [1.165, 1.54) is 12.6 Å². The van der Waals surface area contributed by atoms with Crippen LogP contribution in [0.5, 0.6) is 0 Å². The molecule has 2 aromatic rings. The van der Waals surface area contributed by atoms with Gasteiger partial charge in [0.25, 0.3) is 0 Å². The summed E-state index contributed by atoms with van der Waals surface area (Å²) in [7, 11) is 0. The Morgan fingerprint density at radius 1 is 1.10 bits per heavy atom. The number of nitrogens with zero attached hydrogens (tertiary/aromatic N) is 2. The van der Waals surface area contributed by atoms with Crippen LogP contribution in [0, 0.1) is 13.8 Å². The fourth-order valence-electron chi connectivity index (χ4n) is 3.66. The first kappa shape index (κ1) is 21.4. The van der Waals surface area contributed by atoms with Gasteiger partial charge in [0.2, 0.25) is 0 Å². The van der Waals surface area contributed by atoms with Gasteiger partial charge in [0.1, 0.15) is 0 Å². The number of rotatable bonds is 4. The Morgan fingerprint density at radius 2 is 1.83 bits per heavy atom. The predicted molar refractivity (Wildman–Crippen MR) is 116 cm³/mol. The number of hydrogen-bond acceptors (Lipinski definition) is 3. The van der Waals surface area contributed by atoms with Crippen LogP contribution in [0.2, 0.25) is 10.0 Å². The van der Waals surface area contributed by atoms with Crippen LogP contribution in [0.15, 0.2) is 29.4 Å². The Hall–Kier alpha value is -2.31. The first-order valence-electron chi connectivity index (χ1n) is 9.65. The topological polar surface area (TPSA) is 75.5 Å². The van der Waals surface area contributed by atoms with Crippen molar-refractivity contribution in [2.45, 2.75) is 52.0 Å². The second-order valence-electron chi connectivity index (χ2n) is 7.27. The summed E-state index contributed by atoms with van der Waals surface area (Å²) in [5.74, 6) is -1.41. The zero-order chi connectivity index (χ0) is 21.0. The van der Waals surface area contributed by atoms with E-state index in [0.717, 1.165) is 48.3 Å². The van der Waals surface area contributed by atoms with E-state index in [2.05, 4.69) is 15.8 Å². The molecule has 1 aliphatic rings. The lowest BCUT2D eigenvalue weighted by atomic mass is 9.95. The van der Waals surface area contributed by atoms with Crippen LogP contribution >= 0.6 is 23.2 Å². The fourth-order valence-corrected chi connectivity index (χ4v) is 4.15. The maximum absolute atomic E-state index is 12.0. The van der Waals surface area contributed by atoms with Gasteiger partial charge in [0.15, 0.2) is 0 Å². The van der Waals surface area contributed by atoms with Gasteiger partial charge in [-0.15, -0.1) is 0 Å². The fraction of sp³-hybridized carbons (Fsp3) is 0.381. The highest BCUT2D eigenvalue weighted by molar-refractivity contribution is 6.36. The summed E-state index contributed by atoms with van der Waals surface area (Å²) in [6.45, 7) is 3.88. The van der Waals surface area contributed by atoms with E-state index in [4.69, 9.17) is 23.2 Å². The highest BCUT2D eigenvalue weighted by Gasteiger charge is 2.20. The molecular formula is C21H24Cl2N4O2. The molecule has 6 nitrogen and oxygen atoms in total. The lowest BCUT2D eigenvalue weighted by molar-refractivity contribution is -0.139. The minimum absolute atomic E-state index is 0.0778. The third-order valence-electron chi connectivity index (χ3n) is 5.14. The second-order valence-corrected chi connectivity index (χ2v) is 8.11. The monoisotopic (exact) mass is 434 g/mol. The van der Waals surface area contributed by atoms with Gasteiger partial charge in [-0.2, -0.15) is 5.10 Å². The molecule has 0 unspecified atom stereocenters. The Morgan fingerprint density at radius 3 is 2.52 bits per heavy atom. The molecule has 2 amide bonds. The van der Waals surface area contributed by atoms with Crippen molar-refractivity contribution in [3.8, 4) is 5.69 Å². The van der Waals surface area contributed by atoms with Crippen LogP contribution < -0.4 is 10.7 Å². The van der Waals surface area contributed by atoms with E-state index in [1.54, 1.807) is 12.1 Å². The van der Waals surface area contributed by atoms with Crippen LogP contribution in [-0.2, 0) is 9.59 Å². The molecule has 0 bridgehead atoms. The summed E-state index contributed by atoms with van der Waals surface area (Å²) in [6.07, 6.45) is 6.70. The van der Waals surface area contributed by atoms with Crippen LogP contribution in [-0.4, -0.2) is 28.6 Å². The summed E-state index contributed by atoms with van der Waals surface area (Å²) < 4.78 is 1.98. The van der Waals surface area contributed by atoms with Crippen LogP contribution in [0.3, 0.4) is 0 Å². The number of aromatic nitrogens is 1. The highest BCUT2D eigenvalue weighted by atomic mass is 35.5. The van der Waals surface area contributed by atoms with E-state index in [0.29, 0.717) is 10.0 Å². The Bertz CT molecular complexity index is 946. The van der Waals surface area contributed by atoms with Gasteiger partial charge in [-0.05, 0) is 51.0 Å². The molecule has 1 aromatic carbocycles. The standard InChI is InChI=1S/C21H24Cl2N4O2/c1-13-10-15(14(2)27(13)19-9-8-16(22)11-18(19)23)12-24-26-21(29)20(28)25-17-6-4-3-5-7-17/h8-12,17H,3-7H2,1-2H3,(H,25,28)(H,26,29)/b24-12+. The van der Waals surface area contributed by atoms with Crippen LogP contribution in [0.4, 0.5) is 0 Å². The maximum Gasteiger partial charge on any atom is 0.329 e. The zero-order valence-electron chi connectivity index (χ0n) is 16.5. The molecular weight excluding hydrogens is 411 g/mol. The third kappa shape index (κ3) is 5.19. The van der Waals surface area contributed by atoms with Gasteiger partial charge in [-0.3, -0.25) is 9.59 Å². The molecule has 0 radical (unpaired) electrons. The second kappa shape index (κ2) is 9.46. The van der Waals surface area contributed by atoms with E-state index in [1.807, 2.05) is 30.5 Å². The number of hydrazone groups is 1. The number of halogens is 2. The van der Waals surface area contributed by atoms with E-state index in [9.17, 15) is 9.59 Å². The van der Waals surface area contributed by atoms with Gasteiger partial charge in [0, 0.05) is 28.0 Å². The van der Waals surface area contributed by atoms with Crippen molar-refractivity contribution in [3.05, 3.63) is 51.3 Å². The summed E-state index contributed by atoms with van der Waals surface area (Å²) in [5, 5.41) is 7.82. The van der Waals surface area contributed by atoms with E-state index in [-0.39, 0.29) is 6.04 Å².